The Hall–Kier alpha value is -2.44. The van der Waals surface area contributed by atoms with Crippen LogP contribution in [0.4, 0.5) is 5.95 Å². The molecular weight excluding hydrogens is 280 g/mol. The maximum atomic E-state index is 12.2. The van der Waals surface area contributed by atoms with Gasteiger partial charge in [-0.2, -0.15) is 5.10 Å². The van der Waals surface area contributed by atoms with Crippen molar-refractivity contribution in [1.29, 1.82) is 0 Å². The van der Waals surface area contributed by atoms with Crippen molar-refractivity contribution in [2.24, 2.45) is 7.05 Å². The molecule has 0 aliphatic carbocycles. The molecule has 1 aliphatic rings. The molecule has 0 spiro atoms. The number of aryl methyl sites for hydroxylation is 2. The molecular formula is C15H20N6O. The molecule has 0 bridgehead atoms. The van der Waals surface area contributed by atoms with E-state index in [1.165, 1.54) is 0 Å². The van der Waals surface area contributed by atoms with Crippen molar-refractivity contribution in [3.05, 3.63) is 35.9 Å². The number of anilines is 1. The zero-order valence-corrected chi connectivity index (χ0v) is 12.9. The van der Waals surface area contributed by atoms with Gasteiger partial charge in [0.2, 0.25) is 5.95 Å². The van der Waals surface area contributed by atoms with E-state index >= 15 is 0 Å². The van der Waals surface area contributed by atoms with Gasteiger partial charge in [0, 0.05) is 44.3 Å². The number of hydrogen-bond donors (Lipinski definition) is 1. The number of hydrogen-bond acceptors (Lipinski definition) is 5. The predicted molar refractivity (Wildman–Crippen MR) is 82.7 cm³/mol. The summed E-state index contributed by atoms with van der Waals surface area (Å²) >= 11 is 0. The molecule has 0 atom stereocenters. The zero-order chi connectivity index (χ0) is 15.5. The van der Waals surface area contributed by atoms with Gasteiger partial charge in [-0.05, 0) is 31.9 Å². The van der Waals surface area contributed by atoms with Crippen LogP contribution in [0.3, 0.4) is 0 Å². The third-order valence-electron chi connectivity index (χ3n) is 3.95. The third kappa shape index (κ3) is 3.08. The SMILES string of the molecule is Cc1ccnc(N2CCC(NC(=O)c3ccnn3C)CC2)n1. The number of aromatic nitrogens is 4. The number of nitrogens with zero attached hydrogens (tertiary/aromatic N) is 5. The Morgan fingerprint density at radius 3 is 2.68 bits per heavy atom. The first-order chi connectivity index (χ1) is 10.6. The van der Waals surface area contributed by atoms with Crippen LogP contribution < -0.4 is 10.2 Å². The molecule has 1 amide bonds. The Balaban J connectivity index is 1.56. The van der Waals surface area contributed by atoms with Crippen molar-refractivity contribution in [3.63, 3.8) is 0 Å². The lowest BCUT2D eigenvalue weighted by Gasteiger charge is -2.32. The van der Waals surface area contributed by atoms with Gasteiger partial charge in [-0.1, -0.05) is 0 Å². The molecule has 116 valence electrons. The fourth-order valence-electron chi connectivity index (χ4n) is 2.67. The Morgan fingerprint density at radius 2 is 2.05 bits per heavy atom. The van der Waals surface area contributed by atoms with Gasteiger partial charge in [-0.15, -0.1) is 0 Å². The fraction of sp³-hybridized carbons (Fsp3) is 0.467. The molecule has 0 aromatic carbocycles. The second-order valence-electron chi connectivity index (χ2n) is 5.57. The molecule has 7 heteroatoms. The van der Waals surface area contributed by atoms with Gasteiger partial charge in [-0.25, -0.2) is 9.97 Å². The van der Waals surface area contributed by atoms with Gasteiger partial charge < -0.3 is 10.2 Å². The summed E-state index contributed by atoms with van der Waals surface area (Å²) in [7, 11) is 1.77. The highest BCUT2D eigenvalue weighted by Crippen LogP contribution is 2.16. The number of amides is 1. The third-order valence-corrected chi connectivity index (χ3v) is 3.95. The first-order valence-corrected chi connectivity index (χ1v) is 7.47. The Labute approximate surface area is 129 Å². The maximum absolute atomic E-state index is 12.2. The van der Waals surface area contributed by atoms with Gasteiger partial charge in [0.15, 0.2) is 0 Å². The van der Waals surface area contributed by atoms with Crippen LogP contribution in [-0.4, -0.2) is 44.8 Å². The summed E-state index contributed by atoms with van der Waals surface area (Å²) in [6.07, 6.45) is 5.20. The molecule has 3 rings (SSSR count). The molecule has 7 nitrogen and oxygen atoms in total. The lowest BCUT2D eigenvalue weighted by molar-refractivity contribution is 0.0921. The molecule has 1 fully saturated rings. The van der Waals surface area contributed by atoms with Crippen LogP contribution >= 0.6 is 0 Å². The van der Waals surface area contributed by atoms with E-state index in [2.05, 4.69) is 25.3 Å². The van der Waals surface area contributed by atoms with Gasteiger partial charge in [0.1, 0.15) is 5.69 Å². The molecule has 3 heterocycles. The lowest BCUT2D eigenvalue weighted by atomic mass is 10.1. The molecule has 1 N–H and O–H groups in total. The largest absolute Gasteiger partial charge is 0.348 e. The van der Waals surface area contributed by atoms with Crippen LogP contribution in [0.15, 0.2) is 24.5 Å². The van der Waals surface area contributed by atoms with E-state index in [0.717, 1.165) is 37.6 Å². The highest BCUT2D eigenvalue weighted by molar-refractivity contribution is 5.92. The second kappa shape index (κ2) is 6.13. The lowest BCUT2D eigenvalue weighted by Crippen LogP contribution is -2.45. The minimum Gasteiger partial charge on any atom is -0.348 e. The van der Waals surface area contributed by atoms with Crippen molar-refractivity contribution < 1.29 is 4.79 Å². The standard InChI is InChI=1S/C15H20N6O/c1-11-3-7-16-15(18-11)21-9-5-12(6-10-21)19-14(22)13-4-8-17-20(13)2/h3-4,7-8,12H,5-6,9-10H2,1-2H3,(H,19,22). The number of carbonyl (C=O) groups excluding carboxylic acids is 1. The average Bonchev–Trinajstić information content (AvgIpc) is 2.94. The smallest absolute Gasteiger partial charge is 0.269 e. The minimum absolute atomic E-state index is 0.0646. The first kappa shape index (κ1) is 14.5. The van der Waals surface area contributed by atoms with E-state index in [9.17, 15) is 4.79 Å². The number of nitrogens with one attached hydrogen (secondary N) is 1. The van der Waals surface area contributed by atoms with E-state index in [4.69, 9.17) is 0 Å². The van der Waals surface area contributed by atoms with E-state index < -0.39 is 0 Å². The Kier molecular flexibility index (Phi) is 4.04. The van der Waals surface area contributed by atoms with Gasteiger partial charge >= 0.3 is 0 Å². The monoisotopic (exact) mass is 300 g/mol. The first-order valence-electron chi connectivity index (χ1n) is 7.47. The Bertz CT molecular complexity index is 660. The number of piperidine rings is 1. The van der Waals surface area contributed by atoms with Crippen molar-refractivity contribution in [2.45, 2.75) is 25.8 Å². The summed E-state index contributed by atoms with van der Waals surface area (Å²) in [6, 6.07) is 3.80. The molecule has 1 saturated heterocycles. The van der Waals surface area contributed by atoms with E-state index in [1.807, 2.05) is 13.0 Å². The highest BCUT2D eigenvalue weighted by atomic mass is 16.2. The zero-order valence-electron chi connectivity index (χ0n) is 12.9. The topological polar surface area (TPSA) is 75.9 Å². The van der Waals surface area contributed by atoms with Crippen molar-refractivity contribution in [1.82, 2.24) is 25.1 Å². The van der Waals surface area contributed by atoms with Crippen molar-refractivity contribution in [3.8, 4) is 0 Å². The fourth-order valence-corrected chi connectivity index (χ4v) is 2.67. The van der Waals surface area contributed by atoms with Crippen molar-refractivity contribution >= 4 is 11.9 Å². The minimum atomic E-state index is -0.0646. The number of rotatable bonds is 3. The summed E-state index contributed by atoms with van der Waals surface area (Å²) in [5, 5.41) is 7.10. The quantitative estimate of drug-likeness (QED) is 0.912. The predicted octanol–water partition coefficient (Wildman–Crippen LogP) is 0.917. The van der Waals surface area contributed by atoms with E-state index in [0.29, 0.717) is 5.69 Å². The van der Waals surface area contributed by atoms with Gasteiger partial charge in [-0.3, -0.25) is 9.48 Å². The van der Waals surface area contributed by atoms with Crippen LogP contribution in [0.1, 0.15) is 29.0 Å². The Morgan fingerprint density at radius 1 is 1.27 bits per heavy atom. The van der Waals surface area contributed by atoms with E-state index in [1.54, 1.807) is 30.2 Å². The molecule has 0 unspecified atom stereocenters. The normalized spacial score (nSPS) is 15.8. The van der Waals surface area contributed by atoms with Crippen LogP contribution in [0.25, 0.3) is 0 Å². The molecule has 1 aliphatic heterocycles. The van der Waals surface area contributed by atoms with Crippen LogP contribution in [-0.2, 0) is 7.05 Å². The summed E-state index contributed by atoms with van der Waals surface area (Å²) < 4.78 is 1.59. The van der Waals surface area contributed by atoms with Crippen LogP contribution in [0.5, 0.6) is 0 Å². The van der Waals surface area contributed by atoms with Crippen LogP contribution in [0.2, 0.25) is 0 Å². The molecule has 2 aromatic heterocycles. The van der Waals surface area contributed by atoms with Crippen molar-refractivity contribution in [2.75, 3.05) is 18.0 Å². The molecule has 2 aromatic rings. The summed E-state index contributed by atoms with van der Waals surface area (Å²) in [5.41, 5.74) is 1.56. The molecule has 0 saturated carbocycles. The van der Waals surface area contributed by atoms with Crippen LogP contribution in [0, 0.1) is 6.92 Å². The van der Waals surface area contributed by atoms with E-state index in [-0.39, 0.29) is 11.9 Å². The summed E-state index contributed by atoms with van der Waals surface area (Å²) in [5.74, 6) is 0.710. The van der Waals surface area contributed by atoms with Gasteiger partial charge in [0.25, 0.3) is 5.91 Å². The summed E-state index contributed by atoms with van der Waals surface area (Å²) in [6.45, 7) is 3.66. The molecule has 0 radical (unpaired) electrons. The maximum Gasteiger partial charge on any atom is 0.269 e. The number of carbonyl (C=O) groups is 1. The highest BCUT2D eigenvalue weighted by Gasteiger charge is 2.23. The second-order valence-corrected chi connectivity index (χ2v) is 5.57. The average molecular weight is 300 g/mol. The molecule has 22 heavy (non-hydrogen) atoms. The summed E-state index contributed by atoms with van der Waals surface area (Å²) in [4.78, 5) is 23.1. The van der Waals surface area contributed by atoms with Gasteiger partial charge in [0.05, 0.1) is 0 Å².